The van der Waals surface area contributed by atoms with Gasteiger partial charge in [-0.05, 0) is 53.5 Å². The number of hydrogen-bond acceptors (Lipinski definition) is 8. The van der Waals surface area contributed by atoms with E-state index in [1.807, 2.05) is 13.8 Å². The average molecular weight is 547 g/mol. The van der Waals surface area contributed by atoms with Gasteiger partial charge in [-0.3, -0.25) is 13.9 Å². The van der Waals surface area contributed by atoms with E-state index in [4.69, 9.17) is 14.3 Å². The maximum absolute atomic E-state index is 13.6. The summed E-state index contributed by atoms with van der Waals surface area (Å²) in [6, 6.07) is 6.35. The summed E-state index contributed by atoms with van der Waals surface area (Å²) in [6.45, 7) is 13.9. The smallest absolute Gasteiger partial charge is 0.407 e. The summed E-state index contributed by atoms with van der Waals surface area (Å²) >= 11 is 0. The Balaban J connectivity index is 2.59. The second-order valence-electron chi connectivity index (χ2n) is 11.0. The summed E-state index contributed by atoms with van der Waals surface area (Å²) < 4.78 is 13.0. The molecule has 2 N–H and O–H groups in total. The quantitative estimate of drug-likeness (QED) is 0.326. The van der Waals surface area contributed by atoms with Crippen molar-refractivity contribution in [2.24, 2.45) is 11.1 Å². The molecule has 0 spiro atoms. The van der Waals surface area contributed by atoms with Crippen LogP contribution in [0.4, 0.5) is 4.79 Å². The van der Waals surface area contributed by atoms with Crippen LogP contribution in [0.25, 0.3) is 0 Å². The molecule has 0 saturated heterocycles. The first-order chi connectivity index (χ1) is 18.1. The Bertz CT molecular complexity index is 1270. The first-order valence-corrected chi connectivity index (χ1v) is 13.0. The van der Waals surface area contributed by atoms with E-state index in [9.17, 15) is 19.5 Å². The van der Waals surface area contributed by atoms with Crippen LogP contribution in [-0.2, 0) is 22.7 Å². The average Bonchev–Trinajstić information content (AvgIpc) is 2.84. The first kappa shape index (κ1) is 31.6. The van der Waals surface area contributed by atoms with Crippen molar-refractivity contribution in [2.45, 2.75) is 92.3 Å². The molecule has 0 bridgehead atoms. The van der Waals surface area contributed by atoms with Crippen molar-refractivity contribution in [1.29, 1.82) is 0 Å². The van der Waals surface area contributed by atoms with Crippen molar-refractivity contribution in [3.8, 4) is 5.75 Å². The van der Waals surface area contributed by atoms with Gasteiger partial charge >= 0.3 is 11.8 Å². The number of carbonyl (C=O) groups excluding carboxylic acids is 1. The van der Waals surface area contributed by atoms with Crippen LogP contribution >= 0.6 is 0 Å². The molecule has 0 saturated carbocycles. The zero-order valence-corrected chi connectivity index (χ0v) is 24.3. The van der Waals surface area contributed by atoms with Crippen molar-refractivity contribution in [2.75, 3.05) is 7.11 Å². The third kappa shape index (κ3) is 8.98. The second-order valence-corrected chi connectivity index (χ2v) is 11.0. The van der Waals surface area contributed by atoms with Gasteiger partial charge in [0.1, 0.15) is 23.6 Å². The normalized spacial score (nSPS) is 13.8. The van der Waals surface area contributed by atoms with Gasteiger partial charge in [0.05, 0.1) is 37.5 Å². The van der Waals surface area contributed by atoms with Crippen LogP contribution in [0.1, 0.15) is 72.6 Å². The van der Waals surface area contributed by atoms with E-state index in [0.717, 1.165) is 4.57 Å². The molecule has 216 valence electrons. The summed E-state index contributed by atoms with van der Waals surface area (Å²) in [5.41, 5.74) is -1.06. The van der Waals surface area contributed by atoms with Crippen LogP contribution in [0.3, 0.4) is 0 Å². The SMILES string of the molecule is COc1ccccc1C(O)Cn1cc(/C(C)=N/OC(C)C)c(=O)n(C[C@@H](NC(=O)OC(C)(C)C)C(C)C)c1=O. The molecule has 11 heteroatoms. The van der Waals surface area contributed by atoms with Crippen molar-refractivity contribution in [3.63, 3.8) is 0 Å². The highest BCUT2D eigenvalue weighted by atomic mass is 16.6. The van der Waals surface area contributed by atoms with Gasteiger partial charge in [-0.1, -0.05) is 37.2 Å². The second kappa shape index (κ2) is 13.5. The number of oxime groups is 1. The number of para-hydroxylation sites is 1. The van der Waals surface area contributed by atoms with Crippen molar-refractivity contribution < 1.29 is 24.2 Å². The standard InChI is InChI=1S/C28H42N4O7/c1-17(2)22(29-26(35)38-28(6,7)8)15-32-25(34)21(19(5)30-39-18(3)4)14-31(27(32)36)16-23(33)20-12-10-11-13-24(20)37-9/h10-14,17-18,22-23,33H,15-16H2,1-9H3,(H,29,35)/b30-19+/t22-,23?/m1/s1. The van der Waals surface area contributed by atoms with Gasteiger partial charge in [-0.15, -0.1) is 0 Å². The van der Waals surface area contributed by atoms with Gasteiger partial charge in [0.25, 0.3) is 5.56 Å². The number of aromatic nitrogens is 2. The van der Waals surface area contributed by atoms with E-state index in [0.29, 0.717) is 11.3 Å². The van der Waals surface area contributed by atoms with E-state index >= 15 is 0 Å². The zero-order chi connectivity index (χ0) is 29.5. The number of methoxy groups -OCH3 is 1. The molecule has 2 rings (SSSR count). The van der Waals surface area contributed by atoms with Gasteiger partial charge in [0.2, 0.25) is 0 Å². The van der Waals surface area contributed by atoms with Crippen LogP contribution < -0.4 is 21.3 Å². The fourth-order valence-corrected chi connectivity index (χ4v) is 3.73. The van der Waals surface area contributed by atoms with Gasteiger partial charge in [0.15, 0.2) is 0 Å². The molecule has 1 heterocycles. The molecule has 0 aliphatic rings. The minimum absolute atomic E-state index is 0.120. The van der Waals surface area contributed by atoms with Crippen molar-refractivity contribution in [1.82, 2.24) is 14.5 Å². The molecule has 2 atom stereocenters. The molecule has 1 amide bonds. The molecule has 39 heavy (non-hydrogen) atoms. The number of ether oxygens (including phenoxy) is 2. The van der Waals surface area contributed by atoms with Crippen LogP contribution in [-0.4, -0.2) is 50.9 Å². The number of aliphatic hydroxyl groups is 1. The van der Waals surface area contributed by atoms with E-state index < -0.39 is 35.1 Å². The minimum Gasteiger partial charge on any atom is -0.496 e. The lowest BCUT2D eigenvalue weighted by molar-refractivity contribution is 0.0483. The molecular weight excluding hydrogens is 504 g/mol. The highest BCUT2D eigenvalue weighted by molar-refractivity contribution is 5.97. The molecular formula is C28H42N4O7. The predicted molar refractivity (Wildman–Crippen MR) is 149 cm³/mol. The Morgan fingerprint density at radius 3 is 2.31 bits per heavy atom. The Kier molecular flexibility index (Phi) is 10.9. The number of amides is 1. The lowest BCUT2D eigenvalue weighted by atomic mass is 10.0. The van der Waals surface area contributed by atoms with Gasteiger partial charge < -0.3 is 24.7 Å². The molecule has 1 aromatic carbocycles. The number of carbonyl (C=O) groups is 1. The molecule has 1 unspecified atom stereocenters. The molecule has 0 fully saturated rings. The summed E-state index contributed by atoms with van der Waals surface area (Å²) in [4.78, 5) is 45.0. The largest absolute Gasteiger partial charge is 0.496 e. The van der Waals surface area contributed by atoms with E-state index in [1.165, 1.54) is 17.9 Å². The summed E-state index contributed by atoms with van der Waals surface area (Å²) in [5.74, 6) is 0.329. The zero-order valence-electron chi connectivity index (χ0n) is 24.3. The van der Waals surface area contributed by atoms with E-state index in [2.05, 4.69) is 10.5 Å². The topological polar surface area (TPSA) is 133 Å². The number of aliphatic hydroxyl groups excluding tert-OH is 1. The monoisotopic (exact) mass is 546 g/mol. The van der Waals surface area contributed by atoms with E-state index in [-0.39, 0.29) is 36.4 Å². The Hall–Kier alpha value is -3.60. The molecule has 1 aromatic heterocycles. The maximum Gasteiger partial charge on any atom is 0.407 e. The fraction of sp³-hybridized carbons (Fsp3) is 0.571. The lowest BCUT2D eigenvalue weighted by Gasteiger charge is -2.26. The molecule has 0 aliphatic heterocycles. The predicted octanol–water partition coefficient (Wildman–Crippen LogP) is 3.45. The van der Waals surface area contributed by atoms with Crippen LogP contribution in [0.15, 0.2) is 45.2 Å². The Morgan fingerprint density at radius 2 is 1.74 bits per heavy atom. The number of rotatable bonds is 11. The van der Waals surface area contributed by atoms with Gasteiger partial charge in [-0.25, -0.2) is 9.59 Å². The minimum atomic E-state index is -1.11. The molecule has 0 radical (unpaired) electrons. The van der Waals surface area contributed by atoms with Crippen LogP contribution in [0.5, 0.6) is 5.75 Å². The Morgan fingerprint density at radius 1 is 1.10 bits per heavy atom. The third-order valence-corrected chi connectivity index (χ3v) is 5.78. The fourth-order valence-electron chi connectivity index (χ4n) is 3.73. The lowest BCUT2D eigenvalue weighted by Crippen LogP contribution is -2.50. The molecule has 0 aliphatic carbocycles. The molecule has 11 nitrogen and oxygen atoms in total. The number of nitrogens with zero attached hydrogens (tertiary/aromatic N) is 3. The van der Waals surface area contributed by atoms with Gasteiger partial charge in [0, 0.05) is 11.8 Å². The number of nitrogens with one attached hydrogen (secondary N) is 1. The number of benzene rings is 1. The summed E-state index contributed by atoms with van der Waals surface area (Å²) in [5, 5.41) is 17.8. The molecule has 2 aromatic rings. The summed E-state index contributed by atoms with van der Waals surface area (Å²) in [7, 11) is 1.49. The van der Waals surface area contributed by atoms with Gasteiger partial charge in [-0.2, -0.15) is 0 Å². The van der Waals surface area contributed by atoms with E-state index in [1.54, 1.807) is 65.8 Å². The highest BCUT2D eigenvalue weighted by Gasteiger charge is 2.25. The third-order valence-electron chi connectivity index (χ3n) is 5.78. The van der Waals surface area contributed by atoms with Crippen molar-refractivity contribution >= 4 is 11.8 Å². The van der Waals surface area contributed by atoms with Crippen molar-refractivity contribution in [3.05, 3.63) is 62.4 Å². The van der Waals surface area contributed by atoms with Crippen LogP contribution in [0.2, 0.25) is 0 Å². The number of alkyl carbamates (subject to hydrolysis) is 1. The number of hydrogen-bond donors (Lipinski definition) is 2. The maximum atomic E-state index is 13.6. The highest BCUT2D eigenvalue weighted by Crippen LogP contribution is 2.25. The van der Waals surface area contributed by atoms with Crippen LogP contribution in [0, 0.1) is 5.92 Å². The first-order valence-electron chi connectivity index (χ1n) is 13.0. The Labute approximate surface area is 229 Å². The summed E-state index contributed by atoms with van der Waals surface area (Å²) in [6.07, 6.45) is -0.611.